The van der Waals surface area contributed by atoms with Crippen LogP contribution < -0.4 is 14.9 Å². The molecule has 2 aromatic carbocycles. The van der Waals surface area contributed by atoms with E-state index in [0.29, 0.717) is 17.9 Å². The summed E-state index contributed by atoms with van der Waals surface area (Å²) in [5.41, 5.74) is 2.62. The number of nitrogens with one attached hydrogen (secondary N) is 1. The zero-order valence-electron chi connectivity index (χ0n) is 13.0. The summed E-state index contributed by atoms with van der Waals surface area (Å²) in [6.07, 6.45) is 1.28. The number of phenolic OH excluding ortho intramolecular Hbond substituents is 1. The molecule has 1 amide bonds. The summed E-state index contributed by atoms with van der Waals surface area (Å²) in [5, 5.41) is 13.7. The van der Waals surface area contributed by atoms with Gasteiger partial charge >= 0.3 is 0 Å². The lowest BCUT2D eigenvalue weighted by atomic mass is 10.2. The number of hydrogen-bond donors (Lipinski definition) is 2. The molecular formula is C17H17FN2O4. The quantitative estimate of drug-likeness (QED) is 0.603. The minimum atomic E-state index is -0.560. The Kier molecular flexibility index (Phi) is 6.13. The van der Waals surface area contributed by atoms with Gasteiger partial charge in [0, 0.05) is 5.56 Å². The number of hydrazone groups is 1. The highest BCUT2D eigenvalue weighted by Gasteiger charge is 2.07. The molecule has 0 saturated heterocycles. The first-order chi connectivity index (χ1) is 11.6. The molecule has 2 rings (SSSR count). The van der Waals surface area contributed by atoms with Crippen molar-refractivity contribution in [3.05, 3.63) is 53.8 Å². The lowest BCUT2D eigenvalue weighted by Gasteiger charge is -2.07. The Morgan fingerprint density at radius 2 is 1.96 bits per heavy atom. The monoisotopic (exact) mass is 332 g/mol. The third-order valence-electron chi connectivity index (χ3n) is 2.92. The number of rotatable bonds is 7. The van der Waals surface area contributed by atoms with Gasteiger partial charge in [-0.25, -0.2) is 9.82 Å². The van der Waals surface area contributed by atoms with Gasteiger partial charge in [-0.2, -0.15) is 5.10 Å². The Balaban J connectivity index is 1.89. The van der Waals surface area contributed by atoms with Crippen molar-refractivity contribution in [2.24, 2.45) is 5.10 Å². The van der Waals surface area contributed by atoms with Crippen molar-refractivity contribution >= 4 is 12.1 Å². The molecule has 0 bridgehead atoms. The van der Waals surface area contributed by atoms with Crippen molar-refractivity contribution in [2.45, 2.75) is 6.92 Å². The van der Waals surface area contributed by atoms with Crippen LogP contribution in [0.3, 0.4) is 0 Å². The normalized spacial score (nSPS) is 10.6. The number of halogens is 1. The van der Waals surface area contributed by atoms with Gasteiger partial charge in [0.2, 0.25) is 0 Å². The zero-order chi connectivity index (χ0) is 17.4. The number of aromatic hydroxyl groups is 1. The predicted molar refractivity (Wildman–Crippen MR) is 86.9 cm³/mol. The van der Waals surface area contributed by atoms with E-state index in [2.05, 4.69) is 10.5 Å². The maximum atomic E-state index is 13.3. The highest BCUT2D eigenvalue weighted by atomic mass is 19.1. The summed E-state index contributed by atoms with van der Waals surface area (Å²) in [6.45, 7) is 1.83. The first-order valence-electron chi connectivity index (χ1n) is 7.25. The fraction of sp³-hybridized carbons (Fsp3) is 0.176. The average Bonchev–Trinajstić information content (AvgIpc) is 2.57. The number of hydrogen-bond acceptors (Lipinski definition) is 5. The summed E-state index contributed by atoms with van der Waals surface area (Å²) in [7, 11) is 0. The van der Waals surface area contributed by atoms with E-state index < -0.39 is 11.7 Å². The largest absolute Gasteiger partial charge is 0.504 e. The maximum absolute atomic E-state index is 13.3. The van der Waals surface area contributed by atoms with Crippen molar-refractivity contribution < 1.29 is 23.8 Å². The van der Waals surface area contributed by atoms with Crippen LogP contribution in [0.4, 0.5) is 4.39 Å². The van der Waals surface area contributed by atoms with Crippen molar-refractivity contribution in [2.75, 3.05) is 13.2 Å². The number of ether oxygens (including phenoxy) is 2. The fourth-order valence-electron chi connectivity index (χ4n) is 1.83. The van der Waals surface area contributed by atoms with Gasteiger partial charge in [-0.3, -0.25) is 4.79 Å². The van der Waals surface area contributed by atoms with Crippen molar-refractivity contribution in [3.63, 3.8) is 0 Å². The van der Waals surface area contributed by atoms with Crippen LogP contribution in [-0.2, 0) is 4.79 Å². The molecule has 0 heterocycles. The number of carbonyl (C=O) groups is 1. The molecule has 0 spiro atoms. The van der Waals surface area contributed by atoms with Crippen LogP contribution in [0.15, 0.2) is 47.6 Å². The van der Waals surface area contributed by atoms with E-state index in [9.17, 15) is 14.3 Å². The number of phenols is 1. The Labute approximate surface area is 138 Å². The standard InChI is InChI=1S/C17H17FN2O4/c1-2-23-15-9-5-6-12(17(15)22)10-19-20-16(21)11-24-14-8-4-3-7-13(14)18/h3-10,22H,2,11H2,1H3,(H,20,21). The molecule has 0 aliphatic rings. The molecule has 0 fully saturated rings. The third kappa shape index (κ3) is 4.70. The van der Waals surface area contributed by atoms with E-state index in [1.54, 1.807) is 31.2 Å². The topological polar surface area (TPSA) is 80.2 Å². The van der Waals surface area contributed by atoms with Gasteiger partial charge in [-0.15, -0.1) is 0 Å². The van der Waals surface area contributed by atoms with E-state index >= 15 is 0 Å². The van der Waals surface area contributed by atoms with E-state index in [4.69, 9.17) is 9.47 Å². The van der Waals surface area contributed by atoms with E-state index in [1.807, 2.05) is 0 Å². The molecule has 0 aromatic heterocycles. The van der Waals surface area contributed by atoms with Crippen molar-refractivity contribution in [3.8, 4) is 17.2 Å². The minimum absolute atomic E-state index is 0.0151. The third-order valence-corrected chi connectivity index (χ3v) is 2.92. The van der Waals surface area contributed by atoms with Gasteiger partial charge < -0.3 is 14.6 Å². The van der Waals surface area contributed by atoms with Crippen LogP contribution in [-0.4, -0.2) is 30.4 Å². The van der Waals surface area contributed by atoms with E-state index in [1.165, 1.54) is 24.4 Å². The predicted octanol–water partition coefficient (Wildman–Crippen LogP) is 2.46. The number of carbonyl (C=O) groups excluding carboxylic acids is 1. The van der Waals surface area contributed by atoms with Crippen molar-refractivity contribution in [1.29, 1.82) is 0 Å². The molecule has 2 N–H and O–H groups in total. The Hall–Kier alpha value is -3.09. The van der Waals surface area contributed by atoms with Crippen LogP contribution in [0.5, 0.6) is 17.2 Å². The van der Waals surface area contributed by atoms with Crippen LogP contribution in [0.25, 0.3) is 0 Å². The molecule has 0 saturated carbocycles. The summed E-state index contributed by atoms with van der Waals surface area (Å²) in [5.74, 6) is -0.865. The second kappa shape index (κ2) is 8.52. The summed E-state index contributed by atoms with van der Waals surface area (Å²) < 4.78 is 23.6. The number of nitrogens with zero attached hydrogens (tertiary/aromatic N) is 1. The molecule has 7 heteroatoms. The molecular weight excluding hydrogens is 315 g/mol. The molecule has 0 aliphatic carbocycles. The summed E-state index contributed by atoms with van der Waals surface area (Å²) >= 11 is 0. The molecule has 24 heavy (non-hydrogen) atoms. The highest BCUT2D eigenvalue weighted by molar-refractivity contribution is 5.86. The molecule has 0 unspecified atom stereocenters. The van der Waals surface area contributed by atoms with Crippen LogP contribution in [0.1, 0.15) is 12.5 Å². The molecule has 126 valence electrons. The van der Waals surface area contributed by atoms with Crippen LogP contribution in [0.2, 0.25) is 0 Å². The van der Waals surface area contributed by atoms with E-state index in [0.717, 1.165) is 0 Å². The molecule has 0 atom stereocenters. The maximum Gasteiger partial charge on any atom is 0.277 e. The average molecular weight is 332 g/mol. The molecule has 0 aliphatic heterocycles. The van der Waals surface area contributed by atoms with Gasteiger partial charge in [0.15, 0.2) is 29.7 Å². The molecule has 6 nitrogen and oxygen atoms in total. The Morgan fingerprint density at radius 3 is 2.71 bits per heavy atom. The summed E-state index contributed by atoms with van der Waals surface area (Å²) in [4.78, 5) is 11.6. The minimum Gasteiger partial charge on any atom is -0.504 e. The zero-order valence-corrected chi connectivity index (χ0v) is 13.0. The highest BCUT2D eigenvalue weighted by Crippen LogP contribution is 2.28. The fourth-order valence-corrected chi connectivity index (χ4v) is 1.83. The van der Waals surface area contributed by atoms with Crippen LogP contribution in [0, 0.1) is 5.82 Å². The van der Waals surface area contributed by atoms with Gasteiger partial charge in [-0.05, 0) is 31.2 Å². The van der Waals surface area contributed by atoms with Crippen molar-refractivity contribution in [1.82, 2.24) is 5.43 Å². The smallest absolute Gasteiger partial charge is 0.277 e. The van der Waals surface area contributed by atoms with Crippen LogP contribution >= 0.6 is 0 Å². The second-order valence-electron chi connectivity index (χ2n) is 4.64. The first-order valence-corrected chi connectivity index (χ1v) is 7.25. The van der Waals surface area contributed by atoms with Gasteiger partial charge in [0.1, 0.15) is 0 Å². The first kappa shape index (κ1) is 17.3. The molecule has 2 aromatic rings. The van der Waals surface area contributed by atoms with E-state index in [-0.39, 0.29) is 18.1 Å². The number of para-hydroxylation sites is 2. The molecule has 0 radical (unpaired) electrons. The summed E-state index contributed by atoms with van der Waals surface area (Å²) in [6, 6.07) is 10.7. The Bertz CT molecular complexity index is 734. The SMILES string of the molecule is CCOc1cccc(C=NNC(=O)COc2ccccc2F)c1O. The number of amides is 1. The lowest BCUT2D eigenvalue weighted by molar-refractivity contribution is -0.123. The second-order valence-corrected chi connectivity index (χ2v) is 4.64. The van der Waals surface area contributed by atoms with Gasteiger partial charge in [0.25, 0.3) is 5.91 Å². The number of benzene rings is 2. The van der Waals surface area contributed by atoms with Gasteiger partial charge in [-0.1, -0.05) is 18.2 Å². The lowest BCUT2D eigenvalue weighted by Crippen LogP contribution is -2.24. The van der Waals surface area contributed by atoms with Gasteiger partial charge in [0.05, 0.1) is 12.8 Å². The Morgan fingerprint density at radius 1 is 1.21 bits per heavy atom.